The van der Waals surface area contributed by atoms with Crippen molar-refractivity contribution in [1.82, 2.24) is 14.4 Å². The third-order valence-corrected chi connectivity index (χ3v) is 2.64. The van der Waals surface area contributed by atoms with Gasteiger partial charge in [-0.05, 0) is 6.42 Å². The topological polar surface area (TPSA) is 70.7 Å². The molecule has 0 aliphatic rings. The van der Waals surface area contributed by atoms with Gasteiger partial charge in [-0.2, -0.15) is 0 Å². The van der Waals surface area contributed by atoms with Gasteiger partial charge in [0.25, 0.3) is 0 Å². The zero-order valence-electron chi connectivity index (χ0n) is 8.49. The number of alkyl halides is 1. The maximum absolute atomic E-state index is 9.92. The number of hydrogen-bond donors (Lipinski definition) is 2. The highest BCUT2D eigenvalue weighted by atomic mass is 35.5. The van der Waals surface area contributed by atoms with Gasteiger partial charge in [0, 0.05) is 18.3 Å². The molecule has 2 aromatic rings. The molecule has 2 N–H and O–H groups in total. The lowest BCUT2D eigenvalue weighted by atomic mass is 10.1. The number of halogens is 1. The Morgan fingerprint density at radius 3 is 2.94 bits per heavy atom. The van der Waals surface area contributed by atoms with Gasteiger partial charge in [-0.3, -0.25) is 9.38 Å². The van der Waals surface area contributed by atoms with Crippen molar-refractivity contribution < 1.29 is 10.2 Å². The Bertz CT molecular complexity index is 474. The minimum absolute atomic E-state index is 0.302. The summed E-state index contributed by atoms with van der Waals surface area (Å²) in [4.78, 5) is 8.00. The molecule has 0 fully saturated rings. The maximum Gasteiger partial charge on any atom is 0.155 e. The van der Waals surface area contributed by atoms with E-state index in [-0.39, 0.29) is 0 Å². The van der Waals surface area contributed by atoms with Gasteiger partial charge in [-0.1, -0.05) is 0 Å². The van der Waals surface area contributed by atoms with E-state index in [1.54, 1.807) is 23.0 Å². The van der Waals surface area contributed by atoms with Crippen LogP contribution in [0.25, 0.3) is 5.65 Å². The Kier molecular flexibility index (Phi) is 3.38. The first-order chi connectivity index (χ1) is 7.74. The predicted octanol–water partition coefficient (Wildman–Crippen LogP) is 0.752. The molecule has 2 rings (SSSR count). The highest BCUT2D eigenvalue weighted by Gasteiger charge is 2.21. The molecule has 0 saturated carbocycles. The highest BCUT2D eigenvalue weighted by molar-refractivity contribution is 6.17. The van der Waals surface area contributed by atoms with Crippen LogP contribution in [-0.4, -0.2) is 36.6 Å². The molecule has 0 bridgehead atoms. The zero-order chi connectivity index (χ0) is 11.5. The van der Waals surface area contributed by atoms with Gasteiger partial charge in [0.2, 0.25) is 0 Å². The fraction of sp³-hybridized carbons (Fsp3) is 0.400. The molecule has 0 spiro atoms. The number of fused-ring (bicyclic) bond motifs is 1. The van der Waals surface area contributed by atoms with Crippen LogP contribution in [0.5, 0.6) is 0 Å². The number of nitrogens with zero attached hydrogens (tertiary/aromatic N) is 3. The smallest absolute Gasteiger partial charge is 0.155 e. The quantitative estimate of drug-likeness (QED) is 0.775. The normalized spacial score (nSPS) is 15.2. The second-order valence-electron chi connectivity index (χ2n) is 3.48. The van der Waals surface area contributed by atoms with E-state index < -0.39 is 12.2 Å². The average molecular weight is 242 g/mol. The van der Waals surface area contributed by atoms with Gasteiger partial charge < -0.3 is 10.2 Å². The summed E-state index contributed by atoms with van der Waals surface area (Å²) < 4.78 is 1.69. The van der Waals surface area contributed by atoms with Crippen molar-refractivity contribution in [3.05, 3.63) is 30.5 Å². The van der Waals surface area contributed by atoms with Crippen molar-refractivity contribution in [2.45, 2.75) is 18.6 Å². The molecule has 86 valence electrons. The molecule has 0 aromatic carbocycles. The third kappa shape index (κ3) is 2.02. The molecule has 0 amide bonds. The summed E-state index contributed by atoms with van der Waals surface area (Å²) in [7, 11) is 0. The van der Waals surface area contributed by atoms with Gasteiger partial charge >= 0.3 is 0 Å². The Hall–Kier alpha value is -1.17. The molecule has 0 saturated heterocycles. The number of rotatable bonds is 4. The van der Waals surface area contributed by atoms with E-state index >= 15 is 0 Å². The molecule has 2 aromatic heterocycles. The first-order valence-corrected chi connectivity index (χ1v) is 5.46. The highest BCUT2D eigenvalue weighted by Crippen LogP contribution is 2.19. The summed E-state index contributed by atoms with van der Waals surface area (Å²) >= 11 is 5.52. The Balaban J connectivity index is 2.32. The molecule has 0 aliphatic heterocycles. The summed E-state index contributed by atoms with van der Waals surface area (Å²) in [6, 6.07) is 0. The Morgan fingerprint density at radius 2 is 2.19 bits per heavy atom. The number of aromatic nitrogens is 3. The van der Waals surface area contributed by atoms with Crippen LogP contribution >= 0.6 is 11.6 Å². The SMILES string of the molecule is OC(CCCl)C(O)c1cnc2cnccn12. The number of aliphatic hydroxyl groups excluding tert-OH is 2. The van der Waals surface area contributed by atoms with Crippen molar-refractivity contribution in [1.29, 1.82) is 0 Å². The third-order valence-electron chi connectivity index (χ3n) is 2.42. The van der Waals surface area contributed by atoms with Crippen LogP contribution < -0.4 is 0 Å². The van der Waals surface area contributed by atoms with Crippen molar-refractivity contribution in [2.24, 2.45) is 0 Å². The molecule has 2 unspecified atom stereocenters. The van der Waals surface area contributed by atoms with Gasteiger partial charge in [0.1, 0.15) is 6.10 Å². The minimum Gasteiger partial charge on any atom is -0.390 e. The van der Waals surface area contributed by atoms with Crippen LogP contribution in [0.15, 0.2) is 24.8 Å². The largest absolute Gasteiger partial charge is 0.390 e. The average Bonchev–Trinajstić information content (AvgIpc) is 2.72. The molecular formula is C10H12ClN3O2. The van der Waals surface area contributed by atoms with E-state index in [9.17, 15) is 10.2 Å². The zero-order valence-corrected chi connectivity index (χ0v) is 9.25. The van der Waals surface area contributed by atoms with Crippen LogP contribution in [0.4, 0.5) is 0 Å². The fourth-order valence-corrected chi connectivity index (χ4v) is 1.77. The summed E-state index contributed by atoms with van der Waals surface area (Å²) in [5.41, 5.74) is 1.17. The van der Waals surface area contributed by atoms with Gasteiger partial charge in [0.15, 0.2) is 5.65 Å². The summed E-state index contributed by atoms with van der Waals surface area (Å²) in [6.45, 7) is 0. The first-order valence-electron chi connectivity index (χ1n) is 4.93. The lowest BCUT2D eigenvalue weighted by Gasteiger charge is -2.16. The van der Waals surface area contributed by atoms with Crippen molar-refractivity contribution in [3.63, 3.8) is 0 Å². The Labute approximate surface area is 97.3 Å². The maximum atomic E-state index is 9.92. The van der Waals surface area contributed by atoms with Crippen LogP contribution in [0.2, 0.25) is 0 Å². The second-order valence-corrected chi connectivity index (χ2v) is 3.86. The van der Waals surface area contributed by atoms with Gasteiger partial charge in [0.05, 0.1) is 24.2 Å². The minimum atomic E-state index is -0.990. The van der Waals surface area contributed by atoms with E-state index in [0.717, 1.165) is 0 Å². The lowest BCUT2D eigenvalue weighted by molar-refractivity contribution is 0.0139. The fourth-order valence-electron chi connectivity index (χ4n) is 1.55. The second kappa shape index (κ2) is 4.78. The number of aliphatic hydroxyl groups is 2. The van der Waals surface area contributed by atoms with Crippen LogP contribution in [0.1, 0.15) is 18.2 Å². The summed E-state index contributed by atoms with van der Waals surface area (Å²) in [5.74, 6) is 0.302. The molecular weight excluding hydrogens is 230 g/mol. The Morgan fingerprint density at radius 1 is 1.38 bits per heavy atom. The van der Waals surface area contributed by atoms with E-state index in [1.807, 2.05) is 0 Å². The number of imidazole rings is 1. The molecule has 0 radical (unpaired) electrons. The summed E-state index contributed by atoms with van der Waals surface area (Å²) in [6.07, 6.45) is 4.86. The van der Waals surface area contributed by atoms with Crippen molar-refractivity contribution in [3.8, 4) is 0 Å². The van der Waals surface area contributed by atoms with E-state index in [4.69, 9.17) is 11.6 Å². The first kappa shape index (κ1) is 11.3. The van der Waals surface area contributed by atoms with Crippen LogP contribution in [0.3, 0.4) is 0 Å². The molecule has 16 heavy (non-hydrogen) atoms. The van der Waals surface area contributed by atoms with Crippen molar-refractivity contribution >= 4 is 17.2 Å². The van der Waals surface area contributed by atoms with E-state index in [2.05, 4.69) is 9.97 Å². The van der Waals surface area contributed by atoms with Crippen molar-refractivity contribution in [2.75, 3.05) is 5.88 Å². The van der Waals surface area contributed by atoms with E-state index in [0.29, 0.717) is 23.6 Å². The van der Waals surface area contributed by atoms with Crippen LogP contribution in [0, 0.1) is 0 Å². The lowest BCUT2D eigenvalue weighted by Crippen LogP contribution is -2.20. The molecule has 6 heteroatoms. The molecule has 2 atom stereocenters. The molecule has 2 heterocycles. The van der Waals surface area contributed by atoms with E-state index in [1.165, 1.54) is 6.20 Å². The predicted molar refractivity (Wildman–Crippen MR) is 59.3 cm³/mol. The monoisotopic (exact) mass is 241 g/mol. The molecule has 0 aliphatic carbocycles. The van der Waals surface area contributed by atoms with Crippen LogP contribution in [-0.2, 0) is 0 Å². The summed E-state index contributed by atoms with van der Waals surface area (Å²) in [5, 5.41) is 19.6. The van der Waals surface area contributed by atoms with Gasteiger partial charge in [-0.15, -0.1) is 11.6 Å². The standard InChI is InChI=1S/C10H12ClN3O2/c11-2-1-8(15)10(16)7-5-13-9-6-12-3-4-14(7)9/h3-6,8,10,15-16H,1-2H2. The molecule has 5 nitrogen and oxygen atoms in total. The number of hydrogen-bond acceptors (Lipinski definition) is 4. The van der Waals surface area contributed by atoms with Gasteiger partial charge in [-0.25, -0.2) is 4.98 Å².